The smallest absolute Gasteiger partial charge is 0.409 e. The summed E-state index contributed by atoms with van der Waals surface area (Å²) in [6, 6.07) is 17.6. The first-order valence-electron chi connectivity index (χ1n) is 11.3. The van der Waals surface area contributed by atoms with Crippen molar-refractivity contribution in [2.24, 2.45) is 0 Å². The third kappa shape index (κ3) is 3.13. The molecule has 2 aliphatic rings. The van der Waals surface area contributed by atoms with E-state index in [0.717, 1.165) is 38.8 Å². The molecule has 35 heavy (non-hydrogen) atoms. The highest BCUT2D eigenvalue weighted by Crippen LogP contribution is 2.48. The fraction of sp³-hybridized carbons (Fsp3) is 0.185. The summed E-state index contributed by atoms with van der Waals surface area (Å²) in [4.78, 5) is 38.2. The van der Waals surface area contributed by atoms with Gasteiger partial charge in [0.05, 0.1) is 31.2 Å². The number of pyridine rings is 2. The van der Waals surface area contributed by atoms with E-state index in [1.807, 2.05) is 54.7 Å². The van der Waals surface area contributed by atoms with E-state index >= 15 is 0 Å². The van der Waals surface area contributed by atoms with Crippen LogP contribution in [0.1, 0.15) is 11.3 Å². The molecule has 8 heteroatoms. The number of nitrogen functional groups attached to an aromatic ring is 1. The number of benzene rings is 2. The molecule has 0 bridgehead atoms. The molecular weight excluding hydrogens is 442 g/mol. The Balaban J connectivity index is 1.44. The lowest BCUT2D eigenvalue weighted by molar-refractivity contribution is -0.128. The average molecular weight is 466 g/mol. The Labute approximate surface area is 202 Å². The molecule has 1 spiro atoms. The Morgan fingerprint density at radius 3 is 2.63 bits per heavy atom. The van der Waals surface area contributed by atoms with Crippen molar-refractivity contribution < 1.29 is 14.3 Å². The minimum atomic E-state index is -0.787. The lowest BCUT2D eigenvalue weighted by Crippen LogP contribution is -2.65. The number of likely N-dealkylation sites (tertiary alicyclic amines) is 1. The highest BCUT2D eigenvalue weighted by molar-refractivity contribution is 6.10. The number of rotatable bonds is 3. The van der Waals surface area contributed by atoms with E-state index < -0.39 is 11.5 Å². The zero-order valence-electron chi connectivity index (χ0n) is 19.1. The van der Waals surface area contributed by atoms with Crippen LogP contribution in [0, 0.1) is 0 Å². The van der Waals surface area contributed by atoms with Crippen LogP contribution in [0.25, 0.3) is 21.9 Å². The second-order valence-electron chi connectivity index (χ2n) is 8.98. The average Bonchev–Trinajstić information content (AvgIpc) is 3.11. The van der Waals surface area contributed by atoms with E-state index in [2.05, 4.69) is 11.1 Å². The zero-order chi connectivity index (χ0) is 24.2. The number of aromatic nitrogens is 2. The summed E-state index contributed by atoms with van der Waals surface area (Å²) >= 11 is 0. The second-order valence-corrected chi connectivity index (χ2v) is 8.98. The minimum Gasteiger partial charge on any atom is -0.453 e. The van der Waals surface area contributed by atoms with Gasteiger partial charge in [-0.15, -0.1) is 0 Å². The molecule has 4 heterocycles. The van der Waals surface area contributed by atoms with Crippen molar-refractivity contribution in [2.75, 3.05) is 30.8 Å². The third-order valence-electron chi connectivity index (χ3n) is 7.00. The molecule has 2 N–H and O–H groups in total. The summed E-state index contributed by atoms with van der Waals surface area (Å²) in [5, 5.41) is 2.07. The highest BCUT2D eigenvalue weighted by Gasteiger charge is 2.59. The van der Waals surface area contributed by atoms with Gasteiger partial charge in [0.25, 0.3) is 0 Å². The van der Waals surface area contributed by atoms with Crippen molar-refractivity contribution in [3.8, 4) is 11.1 Å². The van der Waals surface area contributed by atoms with Gasteiger partial charge >= 0.3 is 6.09 Å². The van der Waals surface area contributed by atoms with Crippen molar-refractivity contribution in [3.05, 3.63) is 84.4 Å². The van der Waals surface area contributed by atoms with Crippen molar-refractivity contribution >= 4 is 34.1 Å². The Kier molecular flexibility index (Phi) is 4.70. The number of fused-ring (bicyclic) bond motifs is 3. The van der Waals surface area contributed by atoms with Gasteiger partial charge in [-0.2, -0.15) is 0 Å². The van der Waals surface area contributed by atoms with Crippen LogP contribution in [-0.2, 0) is 21.5 Å². The first-order valence-corrected chi connectivity index (χ1v) is 11.3. The van der Waals surface area contributed by atoms with Gasteiger partial charge in [0.2, 0.25) is 5.91 Å². The predicted molar refractivity (Wildman–Crippen MR) is 133 cm³/mol. The molecular formula is C27H23N5O3. The Morgan fingerprint density at radius 2 is 1.86 bits per heavy atom. The van der Waals surface area contributed by atoms with E-state index in [1.54, 1.807) is 22.2 Å². The van der Waals surface area contributed by atoms with Gasteiger partial charge in [0, 0.05) is 42.1 Å². The molecule has 0 atom stereocenters. The molecule has 0 radical (unpaired) electrons. The predicted octanol–water partition coefficient (Wildman–Crippen LogP) is 3.75. The van der Waals surface area contributed by atoms with Crippen LogP contribution in [0.15, 0.2) is 73.2 Å². The molecule has 0 saturated carbocycles. The normalized spacial score (nSPS) is 15.9. The number of ether oxygens (including phenoxy) is 1. The molecule has 2 aromatic heterocycles. The first kappa shape index (κ1) is 21.1. The fourth-order valence-corrected chi connectivity index (χ4v) is 5.26. The second kappa shape index (κ2) is 7.80. The van der Waals surface area contributed by atoms with E-state index in [-0.39, 0.29) is 25.5 Å². The van der Waals surface area contributed by atoms with Gasteiger partial charge in [-0.25, -0.2) is 4.79 Å². The Hall–Kier alpha value is -4.46. The van der Waals surface area contributed by atoms with Crippen molar-refractivity contribution in [1.29, 1.82) is 0 Å². The SMILES string of the molecule is COC(=O)N1CC2(C1)C(=O)N(Cc1ncc3ccccc3c1-c1ccc(N)cc1)c1cnccc12. The summed E-state index contributed by atoms with van der Waals surface area (Å²) in [5.74, 6) is -0.0566. The van der Waals surface area contributed by atoms with Gasteiger partial charge in [-0.05, 0) is 34.7 Å². The molecule has 6 rings (SSSR count). The minimum absolute atomic E-state index is 0.0566. The molecule has 1 fully saturated rings. The summed E-state index contributed by atoms with van der Waals surface area (Å²) in [6.07, 6.45) is 4.81. The number of anilines is 2. The lowest BCUT2D eigenvalue weighted by Gasteiger charge is -2.45. The van der Waals surface area contributed by atoms with Crippen molar-refractivity contribution in [2.45, 2.75) is 12.0 Å². The number of hydrogen-bond donors (Lipinski definition) is 1. The Bertz CT molecular complexity index is 1480. The van der Waals surface area contributed by atoms with Crippen LogP contribution >= 0.6 is 0 Å². The van der Waals surface area contributed by atoms with Gasteiger partial charge in [0.1, 0.15) is 5.41 Å². The standard InChI is InChI=1S/C27H23N5O3/c1-35-26(34)31-15-27(16-31)21-10-11-29-13-23(21)32(25(27)33)14-22-24(17-6-8-19(28)9-7-17)20-5-3-2-4-18(20)12-30-22/h2-13H,14-16,28H2,1H3. The monoisotopic (exact) mass is 465 g/mol. The zero-order valence-corrected chi connectivity index (χ0v) is 19.1. The Morgan fingerprint density at radius 1 is 1.09 bits per heavy atom. The summed E-state index contributed by atoms with van der Waals surface area (Å²) in [7, 11) is 1.35. The lowest BCUT2D eigenvalue weighted by atomic mass is 9.75. The third-order valence-corrected chi connectivity index (χ3v) is 7.00. The van der Waals surface area contributed by atoms with E-state index in [0.29, 0.717) is 5.69 Å². The first-order chi connectivity index (χ1) is 17.0. The number of carbonyl (C=O) groups is 2. The van der Waals surface area contributed by atoms with E-state index in [4.69, 9.17) is 15.5 Å². The molecule has 2 amide bonds. The van der Waals surface area contributed by atoms with Crippen LogP contribution in [0.5, 0.6) is 0 Å². The summed E-state index contributed by atoms with van der Waals surface area (Å²) in [5.41, 5.74) is 10.2. The van der Waals surface area contributed by atoms with Crippen LogP contribution in [0.4, 0.5) is 16.2 Å². The van der Waals surface area contributed by atoms with Crippen LogP contribution in [0.3, 0.4) is 0 Å². The number of amides is 2. The number of methoxy groups -OCH3 is 1. The molecule has 0 aliphatic carbocycles. The van der Waals surface area contributed by atoms with Gasteiger partial charge in [-0.1, -0.05) is 36.4 Å². The van der Waals surface area contributed by atoms with Gasteiger partial charge < -0.3 is 20.3 Å². The topological polar surface area (TPSA) is 102 Å². The molecule has 1 saturated heterocycles. The van der Waals surface area contributed by atoms with Gasteiger partial charge in [-0.3, -0.25) is 14.8 Å². The fourth-order valence-electron chi connectivity index (χ4n) is 5.26. The maximum absolute atomic E-state index is 13.9. The molecule has 174 valence electrons. The maximum atomic E-state index is 13.9. The number of nitrogens with two attached hydrogens (primary N) is 1. The van der Waals surface area contributed by atoms with E-state index in [9.17, 15) is 9.59 Å². The van der Waals surface area contributed by atoms with Crippen molar-refractivity contribution in [1.82, 2.24) is 14.9 Å². The quantitative estimate of drug-likeness (QED) is 0.463. The van der Waals surface area contributed by atoms with E-state index in [1.165, 1.54) is 7.11 Å². The largest absolute Gasteiger partial charge is 0.453 e. The number of hydrogen-bond acceptors (Lipinski definition) is 6. The molecule has 2 aromatic carbocycles. The maximum Gasteiger partial charge on any atom is 0.409 e. The number of nitrogens with zero attached hydrogens (tertiary/aromatic N) is 4. The summed E-state index contributed by atoms with van der Waals surface area (Å²) < 4.78 is 4.85. The van der Waals surface area contributed by atoms with Crippen LogP contribution < -0.4 is 10.6 Å². The molecule has 8 nitrogen and oxygen atoms in total. The highest BCUT2D eigenvalue weighted by atomic mass is 16.5. The van der Waals surface area contributed by atoms with Crippen LogP contribution in [0.2, 0.25) is 0 Å². The van der Waals surface area contributed by atoms with Crippen molar-refractivity contribution in [3.63, 3.8) is 0 Å². The molecule has 4 aromatic rings. The van der Waals surface area contributed by atoms with Gasteiger partial charge in [0.15, 0.2) is 0 Å². The molecule has 2 aliphatic heterocycles. The number of carbonyl (C=O) groups excluding carboxylic acids is 2. The summed E-state index contributed by atoms with van der Waals surface area (Å²) in [6.45, 7) is 0.839. The van der Waals surface area contributed by atoms with Crippen LogP contribution in [-0.4, -0.2) is 47.1 Å². The molecule has 0 unspecified atom stereocenters.